The van der Waals surface area contributed by atoms with Gasteiger partial charge in [-0.05, 0) is 40.7 Å². The van der Waals surface area contributed by atoms with Crippen LogP contribution in [0.1, 0.15) is 88.1 Å². The maximum atomic E-state index is 10.0. The fraction of sp³-hybridized carbons (Fsp3) is 0.452. The van der Waals surface area contributed by atoms with E-state index in [1.807, 2.05) is 75.3 Å². The van der Waals surface area contributed by atoms with Crippen LogP contribution < -0.4 is 4.90 Å². The predicted molar refractivity (Wildman–Crippen MR) is 202 cm³/mol. The number of anilines is 1. The van der Waals surface area contributed by atoms with Gasteiger partial charge >= 0.3 is 0 Å². The Labute approximate surface area is 292 Å². The third-order valence-electron chi connectivity index (χ3n) is 8.78. The smallest absolute Gasteiger partial charge is 0.146 e. The van der Waals surface area contributed by atoms with Crippen LogP contribution in [0.3, 0.4) is 0 Å². The first-order chi connectivity index (χ1) is 22.3. The van der Waals surface area contributed by atoms with Gasteiger partial charge in [0.2, 0.25) is 0 Å². The zero-order chi connectivity index (χ0) is 37.0. The van der Waals surface area contributed by atoms with Crippen molar-refractivity contribution in [3.63, 3.8) is 0 Å². The maximum Gasteiger partial charge on any atom is 0.146 e. The van der Waals surface area contributed by atoms with E-state index in [4.69, 9.17) is 0 Å². The van der Waals surface area contributed by atoms with Crippen molar-refractivity contribution < 1.29 is 0 Å². The average Bonchev–Trinajstić information content (AvgIpc) is 2.99. The second kappa shape index (κ2) is 17.3. The Morgan fingerprint density at radius 1 is 0.750 bits per heavy atom. The van der Waals surface area contributed by atoms with Crippen molar-refractivity contribution in [1.82, 2.24) is 0 Å². The molecule has 6 heteroatoms. The highest BCUT2D eigenvalue weighted by Crippen LogP contribution is 2.41. The van der Waals surface area contributed by atoms with E-state index < -0.39 is 13.5 Å². The molecule has 0 radical (unpaired) electrons. The Hall–Kier alpha value is -4.94. The number of nitriles is 4. The highest BCUT2D eigenvalue weighted by Gasteiger charge is 2.42. The van der Waals surface area contributed by atoms with Crippen LogP contribution in [0.5, 0.6) is 0 Å². The van der Waals surface area contributed by atoms with E-state index in [-0.39, 0.29) is 27.7 Å². The van der Waals surface area contributed by atoms with Crippen molar-refractivity contribution in [3.05, 3.63) is 76.1 Å². The Kier molecular flexibility index (Phi) is 14.8. The van der Waals surface area contributed by atoms with E-state index >= 15 is 0 Å². The quantitative estimate of drug-likeness (QED) is 0.0659. The largest absolute Gasteiger partial charge is 0.378 e. The molecule has 0 fully saturated rings. The molecule has 0 atom stereocenters. The lowest BCUT2D eigenvalue weighted by Crippen LogP contribution is -2.43. The summed E-state index contributed by atoms with van der Waals surface area (Å²) in [7, 11) is 1.75. The van der Waals surface area contributed by atoms with Crippen molar-refractivity contribution in [2.24, 2.45) is 10.8 Å². The van der Waals surface area contributed by atoms with Gasteiger partial charge in [0.25, 0.3) is 0 Å². The van der Waals surface area contributed by atoms with Gasteiger partial charge in [0, 0.05) is 41.8 Å². The highest BCUT2D eigenvalue weighted by molar-refractivity contribution is 6.90. The number of hydrogen-bond donors (Lipinski definition) is 0. The third kappa shape index (κ3) is 9.78. The van der Waals surface area contributed by atoms with Gasteiger partial charge in [0.1, 0.15) is 43.5 Å². The van der Waals surface area contributed by atoms with Gasteiger partial charge in [-0.2, -0.15) is 21.0 Å². The molecular weight excluding hydrogens is 603 g/mol. The van der Waals surface area contributed by atoms with Crippen LogP contribution in [0.4, 0.5) is 5.69 Å². The first kappa shape index (κ1) is 41.1. The van der Waals surface area contributed by atoms with Crippen molar-refractivity contribution in [3.8, 4) is 47.6 Å². The molecule has 0 spiro atoms. The molecule has 5 nitrogen and oxygen atoms in total. The SMILES string of the molecule is C=CCC(C)(C)C(=C=C(C#C[Si](C(C)C)(C(C)C)C(C)C)C(C)(C)C)C#CC(=C(C#N)C#N)C(=C(C#N)C#N)c1ccc(N(C)C)cc1. The number of allylic oxidation sites excluding steroid dienone is 6. The number of hydrogen-bond acceptors (Lipinski definition) is 5. The number of benzene rings is 1. The molecule has 0 N–H and O–H groups in total. The third-order valence-corrected chi connectivity index (χ3v) is 15.1. The van der Waals surface area contributed by atoms with Gasteiger partial charge < -0.3 is 4.90 Å². The molecule has 1 aromatic carbocycles. The summed E-state index contributed by atoms with van der Waals surface area (Å²) in [4.78, 5) is 1.92. The van der Waals surface area contributed by atoms with Crippen molar-refractivity contribution in [2.75, 3.05) is 19.0 Å². The summed E-state index contributed by atoms with van der Waals surface area (Å²) in [5.41, 5.74) is 10.4. The van der Waals surface area contributed by atoms with E-state index in [1.54, 1.807) is 12.1 Å². The summed E-state index contributed by atoms with van der Waals surface area (Å²) >= 11 is 0. The normalized spacial score (nSPS) is 10.8. The molecule has 0 bridgehead atoms. The van der Waals surface area contributed by atoms with E-state index in [9.17, 15) is 21.0 Å². The molecule has 0 aliphatic heterocycles. The maximum absolute atomic E-state index is 10.0. The van der Waals surface area contributed by atoms with Gasteiger partial charge in [-0.25, -0.2) is 0 Å². The molecule has 0 amide bonds. The standard InChI is InChI=1S/C42H51N5Si/c1-15-23-42(11,12)37(25-36(41(8,9)10)22-24-48(30(2)3,31(4)5)32(6)7)18-21-39(34(26-43)27-44)40(35(28-45)29-46)33-16-19-38(20-17-33)47(13)14/h15-17,19-20,30-32H,1,23H2,2-14H3. The van der Waals surface area contributed by atoms with Crippen LogP contribution in [0.25, 0.3) is 5.57 Å². The molecule has 0 aliphatic rings. The molecule has 0 heterocycles. The summed E-state index contributed by atoms with van der Waals surface area (Å²) in [6.07, 6.45) is 2.41. The number of rotatable bonds is 9. The summed E-state index contributed by atoms with van der Waals surface area (Å²) in [6.45, 7) is 28.1. The van der Waals surface area contributed by atoms with Crippen LogP contribution in [0.15, 0.2) is 70.5 Å². The van der Waals surface area contributed by atoms with Gasteiger partial charge in [-0.3, -0.25) is 0 Å². The second-order valence-electron chi connectivity index (χ2n) is 14.8. The van der Waals surface area contributed by atoms with Crippen molar-refractivity contribution in [2.45, 2.75) is 99.2 Å². The summed E-state index contributed by atoms with van der Waals surface area (Å²) in [6, 6.07) is 15.0. The van der Waals surface area contributed by atoms with Gasteiger partial charge in [-0.1, -0.05) is 118 Å². The summed E-state index contributed by atoms with van der Waals surface area (Å²) in [5, 5.41) is 40.0. The van der Waals surface area contributed by atoms with Gasteiger partial charge in [0.15, 0.2) is 0 Å². The van der Waals surface area contributed by atoms with Crippen LogP contribution in [0, 0.1) is 79.5 Å². The number of nitrogens with zero attached hydrogens (tertiary/aromatic N) is 5. The highest BCUT2D eigenvalue weighted by atomic mass is 28.3. The van der Waals surface area contributed by atoms with Gasteiger partial charge in [-0.15, -0.1) is 12.1 Å². The van der Waals surface area contributed by atoms with Crippen LogP contribution in [-0.4, -0.2) is 22.2 Å². The molecule has 48 heavy (non-hydrogen) atoms. The molecule has 0 aromatic heterocycles. The Morgan fingerprint density at radius 2 is 1.23 bits per heavy atom. The Bertz CT molecular complexity index is 1740. The Balaban J connectivity index is 4.53. The first-order valence-electron chi connectivity index (χ1n) is 16.3. The van der Waals surface area contributed by atoms with E-state index in [0.717, 1.165) is 11.3 Å². The topological polar surface area (TPSA) is 98.4 Å². The molecule has 248 valence electrons. The summed E-state index contributed by atoms with van der Waals surface area (Å²) in [5.74, 6) is 9.95. The fourth-order valence-corrected chi connectivity index (χ4v) is 11.2. The molecular formula is C42H51N5Si. The fourth-order valence-electron chi connectivity index (χ4n) is 5.96. The zero-order valence-corrected chi connectivity index (χ0v) is 32.3. The molecule has 0 saturated carbocycles. The molecule has 0 unspecified atom stereocenters. The Morgan fingerprint density at radius 3 is 1.60 bits per heavy atom. The minimum Gasteiger partial charge on any atom is -0.378 e. The minimum atomic E-state index is -2.06. The van der Waals surface area contributed by atoms with Crippen molar-refractivity contribution >= 4 is 19.3 Å². The van der Waals surface area contributed by atoms with Crippen LogP contribution in [0.2, 0.25) is 16.6 Å². The second-order valence-corrected chi connectivity index (χ2v) is 20.4. The predicted octanol–water partition coefficient (Wildman–Crippen LogP) is 10.2. The van der Waals surface area contributed by atoms with Crippen LogP contribution >= 0.6 is 0 Å². The molecule has 1 aromatic rings. The lowest BCUT2D eigenvalue weighted by Gasteiger charge is -2.38. The minimum absolute atomic E-state index is 0.0126. The zero-order valence-electron chi connectivity index (χ0n) is 31.3. The van der Waals surface area contributed by atoms with E-state index in [2.05, 4.69) is 97.9 Å². The lowest BCUT2D eigenvalue weighted by atomic mass is 9.79. The van der Waals surface area contributed by atoms with Gasteiger partial charge in [0.05, 0.1) is 11.1 Å². The van der Waals surface area contributed by atoms with E-state index in [0.29, 0.717) is 34.2 Å². The van der Waals surface area contributed by atoms with Crippen molar-refractivity contribution in [1.29, 1.82) is 21.0 Å². The molecule has 0 saturated heterocycles. The monoisotopic (exact) mass is 653 g/mol. The van der Waals surface area contributed by atoms with E-state index in [1.165, 1.54) is 0 Å². The molecule has 0 aliphatic carbocycles. The summed E-state index contributed by atoms with van der Waals surface area (Å²) < 4.78 is 0. The average molecular weight is 654 g/mol. The first-order valence-corrected chi connectivity index (χ1v) is 18.6. The molecule has 1 rings (SSSR count). The van der Waals surface area contributed by atoms with Crippen LogP contribution in [-0.2, 0) is 0 Å². The lowest BCUT2D eigenvalue weighted by molar-refractivity contribution is 0.467.